The van der Waals surface area contributed by atoms with Gasteiger partial charge in [0.25, 0.3) is 11.8 Å². The molecule has 1 heterocycles. The third-order valence-corrected chi connectivity index (χ3v) is 2.84. The molecule has 2 aromatic rings. The molecule has 1 aromatic heterocycles. The second-order valence-corrected chi connectivity index (χ2v) is 4.36. The van der Waals surface area contributed by atoms with Crippen LogP contribution in [-0.2, 0) is 4.79 Å². The Balaban J connectivity index is 1.92. The number of hydrogen-bond acceptors (Lipinski definition) is 4. The van der Waals surface area contributed by atoms with E-state index >= 15 is 0 Å². The van der Waals surface area contributed by atoms with Gasteiger partial charge in [0, 0.05) is 11.8 Å². The minimum absolute atomic E-state index is 0.0979. The number of hydrogen-bond donors (Lipinski definition) is 1. The van der Waals surface area contributed by atoms with Crippen LogP contribution in [0.3, 0.4) is 0 Å². The second kappa shape index (κ2) is 5.56. The number of aromatic nitrogens is 1. The van der Waals surface area contributed by atoms with Gasteiger partial charge in [0.1, 0.15) is 5.76 Å². The van der Waals surface area contributed by atoms with Crippen LogP contribution in [0, 0.1) is 20.8 Å². The molecule has 0 saturated heterocycles. The maximum absolute atomic E-state index is 11.8. The zero-order chi connectivity index (χ0) is 13.8. The fourth-order valence-electron chi connectivity index (χ4n) is 1.62. The van der Waals surface area contributed by atoms with E-state index in [1.165, 1.54) is 0 Å². The number of nitrogens with zero attached hydrogens (tertiary/aromatic N) is 1. The fourth-order valence-corrected chi connectivity index (χ4v) is 1.62. The van der Waals surface area contributed by atoms with Gasteiger partial charge < -0.3 is 14.6 Å². The van der Waals surface area contributed by atoms with E-state index < -0.39 is 0 Å². The van der Waals surface area contributed by atoms with Gasteiger partial charge in [-0.05, 0) is 43.1 Å². The number of carbonyl (C=O) groups is 1. The van der Waals surface area contributed by atoms with E-state index in [-0.39, 0.29) is 12.5 Å². The minimum atomic E-state index is -0.227. The van der Waals surface area contributed by atoms with E-state index in [9.17, 15) is 4.79 Å². The third-order valence-electron chi connectivity index (χ3n) is 2.84. The lowest BCUT2D eigenvalue weighted by atomic mass is 10.1. The van der Waals surface area contributed by atoms with Crippen molar-refractivity contribution in [2.24, 2.45) is 0 Å². The monoisotopic (exact) mass is 260 g/mol. The van der Waals surface area contributed by atoms with E-state index in [4.69, 9.17) is 9.26 Å². The molecule has 0 bridgehead atoms. The molecule has 0 aliphatic heterocycles. The van der Waals surface area contributed by atoms with Gasteiger partial charge in [0.05, 0.1) is 0 Å². The predicted molar refractivity (Wildman–Crippen MR) is 71.3 cm³/mol. The molecule has 5 heteroatoms. The highest BCUT2D eigenvalue weighted by molar-refractivity contribution is 5.92. The zero-order valence-corrected chi connectivity index (χ0v) is 11.2. The summed E-state index contributed by atoms with van der Waals surface area (Å²) in [6.07, 6.45) is 0. The summed E-state index contributed by atoms with van der Waals surface area (Å²) in [7, 11) is 0. The summed E-state index contributed by atoms with van der Waals surface area (Å²) in [6.45, 7) is 5.63. The van der Waals surface area contributed by atoms with Crippen molar-refractivity contribution in [2.75, 3.05) is 11.9 Å². The van der Waals surface area contributed by atoms with Gasteiger partial charge in [-0.25, -0.2) is 0 Å². The fraction of sp³-hybridized carbons (Fsp3) is 0.286. The molecule has 0 atom stereocenters. The molecule has 0 unspecified atom stereocenters. The van der Waals surface area contributed by atoms with Gasteiger partial charge in [-0.2, -0.15) is 0 Å². The highest BCUT2D eigenvalue weighted by atomic mass is 16.5. The summed E-state index contributed by atoms with van der Waals surface area (Å²) in [5, 5.41) is 6.45. The number of benzene rings is 1. The van der Waals surface area contributed by atoms with Crippen LogP contribution in [0.2, 0.25) is 0 Å². The maximum Gasteiger partial charge on any atom is 0.262 e. The summed E-state index contributed by atoms with van der Waals surface area (Å²) < 4.78 is 10.1. The molecular weight excluding hydrogens is 244 g/mol. The molecule has 0 saturated carbocycles. The van der Waals surface area contributed by atoms with Crippen molar-refractivity contribution in [1.82, 2.24) is 5.16 Å². The number of amides is 1. The average molecular weight is 260 g/mol. The number of anilines is 1. The first-order valence-electron chi connectivity index (χ1n) is 5.98. The lowest BCUT2D eigenvalue weighted by Crippen LogP contribution is -2.20. The average Bonchev–Trinajstić information content (AvgIpc) is 2.78. The molecule has 2 rings (SSSR count). The van der Waals surface area contributed by atoms with Crippen LogP contribution in [0.25, 0.3) is 0 Å². The smallest absolute Gasteiger partial charge is 0.262 e. The second-order valence-electron chi connectivity index (χ2n) is 4.36. The Kier molecular flexibility index (Phi) is 3.85. The molecule has 0 spiro atoms. The normalized spacial score (nSPS) is 10.3. The first-order chi connectivity index (χ1) is 9.06. The molecule has 19 heavy (non-hydrogen) atoms. The summed E-state index contributed by atoms with van der Waals surface area (Å²) in [5.74, 6) is 0.730. The van der Waals surface area contributed by atoms with E-state index in [1.54, 1.807) is 13.0 Å². The molecule has 0 radical (unpaired) electrons. The van der Waals surface area contributed by atoms with Crippen LogP contribution in [0.15, 0.2) is 28.8 Å². The van der Waals surface area contributed by atoms with Crippen molar-refractivity contribution >= 4 is 11.6 Å². The lowest BCUT2D eigenvalue weighted by molar-refractivity contribution is -0.118. The maximum atomic E-state index is 11.8. The van der Waals surface area contributed by atoms with Crippen molar-refractivity contribution in [3.63, 3.8) is 0 Å². The Morgan fingerprint density at radius 2 is 2.16 bits per heavy atom. The Morgan fingerprint density at radius 1 is 1.37 bits per heavy atom. The van der Waals surface area contributed by atoms with Gasteiger partial charge in [-0.1, -0.05) is 12.1 Å². The van der Waals surface area contributed by atoms with Crippen LogP contribution < -0.4 is 10.1 Å². The van der Waals surface area contributed by atoms with E-state index in [0.717, 1.165) is 16.8 Å². The van der Waals surface area contributed by atoms with Gasteiger partial charge in [0.2, 0.25) is 0 Å². The quantitative estimate of drug-likeness (QED) is 0.917. The Bertz CT molecular complexity index is 590. The van der Waals surface area contributed by atoms with Crippen LogP contribution >= 0.6 is 0 Å². The van der Waals surface area contributed by atoms with Crippen molar-refractivity contribution in [3.8, 4) is 5.88 Å². The Hall–Kier alpha value is -2.30. The number of rotatable bonds is 4. The van der Waals surface area contributed by atoms with Gasteiger partial charge in [-0.15, -0.1) is 0 Å². The zero-order valence-electron chi connectivity index (χ0n) is 11.2. The number of nitrogens with one attached hydrogen (secondary N) is 1. The Morgan fingerprint density at radius 3 is 2.84 bits per heavy atom. The van der Waals surface area contributed by atoms with Crippen LogP contribution in [0.4, 0.5) is 5.69 Å². The van der Waals surface area contributed by atoms with Crippen molar-refractivity contribution in [2.45, 2.75) is 20.8 Å². The first-order valence-corrected chi connectivity index (χ1v) is 5.98. The number of aryl methyl sites for hydroxylation is 2. The molecule has 1 N–H and O–H groups in total. The highest BCUT2D eigenvalue weighted by Gasteiger charge is 2.08. The minimum Gasteiger partial charge on any atom is -0.465 e. The van der Waals surface area contributed by atoms with Gasteiger partial charge in [0.15, 0.2) is 6.61 Å². The molecule has 1 aromatic carbocycles. The number of ether oxygens (including phenoxy) is 1. The number of carbonyl (C=O) groups excluding carboxylic acids is 1. The van der Waals surface area contributed by atoms with E-state index in [2.05, 4.69) is 10.5 Å². The lowest BCUT2D eigenvalue weighted by Gasteiger charge is -2.10. The topological polar surface area (TPSA) is 64.4 Å². The van der Waals surface area contributed by atoms with Crippen molar-refractivity contribution in [1.29, 1.82) is 0 Å². The highest BCUT2D eigenvalue weighted by Crippen LogP contribution is 2.18. The van der Waals surface area contributed by atoms with Crippen molar-refractivity contribution < 1.29 is 14.1 Å². The van der Waals surface area contributed by atoms with Crippen LogP contribution in [0.1, 0.15) is 16.9 Å². The summed E-state index contributed by atoms with van der Waals surface area (Å²) in [6, 6.07) is 7.39. The van der Waals surface area contributed by atoms with Gasteiger partial charge >= 0.3 is 0 Å². The molecular formula is C14H16N2O3. The summed E-state index contributed by atoms with van der Waals surface area (Å²) in [5.41, 5.74) is 2.98. The van der Waals surface area contributed by atoms with Crippen LogP contribution in [0.5, 0.6) is 5.88 Å². The molecule has 100 valence electrons. The molecule has 5 nitrogen and oxygen atoms in total. The summed E-state index contributed by atoms with van der Waals surface area (Å²) >= 11 is 0. The van der Waals surface area contributed by atoms with E-state index in [0.29, 0.717) is 11.6 Å². The van der Waals surface area contributed by atoms with Crippen LogP contribution in [-0.4, -0.2) is 17.7 Å². The largest absolute Gasteiger partial charge is 0.465 e. The van der Waals surface area contributed by atoms with E-state index in [1.807, 2.05) is 32.0 Å². The molecule has 0 aliphatic carbocycles. The Labute approximate surface area is 111 Å². The summed E-state index contributed by atoms with van der Waals surface area (Å²) in [4.78, 5) is 11.8. The molecule has 1 amide bonds. The predicted octanol–water partition coefficient (Wildman–Crippen LogP) is 2.62. The molecule has 0 aliphatic rings. The molecule has 0 fully saturated rings. The SMILES string of the molecule is Cc1cc(OCC(=O)Nc2cccc(C)c2C)no1. The first kappa shape index (κ1) is 13.1. The van der Waals surface area contributed by atoms with Gasteiger partial charge in [-0.3, -0.25) is 4.79 Å². The standard InChI is InChI=1S/C14H16N2O3/c1-9-5-4-6-12(11(9)3)15-13(17)8-18-14-7-10(2)19-16-14/h4-7H,8H2,1-3H3,(H,15,17). The third kappa shape index (κ3) is 3.34. The van der Waals surface area contributed by atoms with Crippen molar-refractivity contribution in [3.05, 3.63) is 41.2 Å².